The summed E-state index contributed by atoms with van der Waals surface area (Å²) in [7, 11) is 6.86. The van der Waals surface area contributed by atoms with Crippen molar-refractivity contribution in [3.63, 3.8) is 0 Å². The van der Waals surface area contributed by atoms with Gasteiger partial charge in [-0.15, -0.1) is 0 Å². The fraction of sp³-hybridized carbons (Fsp3) is 1.00. The van der Waals surface area contributed by atoms with Gasteiger partial charge in [-0.1, -0.05) is 58.3 Å². The van der Waals surface area contributed by atoms with Gasteiger partial charge in [-0.05, 0) is 12.8 Å². The van der Waals surface area contributed by atoms with Gasteiger partial charge >= 0.3 is 0 Å². The molecule has 0 unspecified atom stereocenters. The van der Waals surface area contributed by atoms with Crippen molar-refractivity contribution in [3.05, 3.63) is 0 Å². The summed E-state index contributed by atoms with van der Waals surface area (Å²) < 4.78 is 1.12. The number of hydrogen-bond donors (Lipinski definition) is 0. The molecule has 0 fully saturated rings. The first-order chi connectivity index (χ1) is 7.56. The van der Waals surface area contributed by atoms with Crippen LogP contribution in [0.5, 0.6) is 0 Å². The van der Waals surface area contributed by atoms with Crippen molar-refractivity contribution in [2.75, 3.05) is 27.7 Å². The Morgan fingerprint density at radius 2 is 0.944 bits per heavy atom. The predicted octanol–water partition coefficient (Wildman–Crippen LogP) is 1.24. The Kier molecular flexibility index (Phi) is 22.0. The number of rotatable bonds is 11. The zero-order chi connectivity index (χ0) is 12.3. The molecule has 0 aromatic carbocycles. The van der Waals surface area contributed by atoms with Gasteiger partial charge in [0.25, 0.3) is 0 Å². The average Bonchev–Trinajstić information content (AvgIpc) is 2.19. The minimum absolute atomic E-state index is 0. The molecule has 0 saturated carbocycles. The summed E-state index contributed by atoms with van der Waals surface area (Å²) >= 11 is 0. The van der Waals surface area contributed by atoms with E-state index in [1.165, 1.54) is 70.8 Å². The summed E-state index contributed by atoms with van der Waals surface area (Å²) in [6.45, 7) is 3.62. The molecule has 0 aliphatic heterocycles. The van der Waals surface area contributed by atoms with Crippen LogP contribution < -0.4 is 12.4 Å². The topological polar surface area (TPSA) is 0 Å². The Bertz CT molecular complexity index is 146. The van der Waals surface area contributed by atoms with Crippen LogP contribution in [0.25, 0.3) is 0 Å². The van der Waals surface area contributed by atoms with Crippen molar-refractivity contribution in [1.82, 2.24) is 0 Å². The van der Waals surface area contributed by atoms with Gasteiger partial charge in [0.2, 0.25) is 0 Å². The van der Waals surface area contributed by atoms with Crippen LogP contribution in [-0.4, -0.2) is 61.7 Å². The normalized spacial score (nSPS) is 10.7. The maximum Gasteiger partial charge on any atom is 0.0780 e. The molecule has 0 amide bonds. The molecule has 3 heteroatoms. The van der Waals surface area contributed by atoms with E-state index in [0.717, 1.165) is 4.48 Å². The molecule has 0 aromatic rings. The maximum absolute atomic E-state index is 2.29. The second kappa shape index (κ2) is 16.3. The number of quaternary nitrogens is 1. The van der Waals surface area contributed by atoms with Gasteiger partial charge in [0.15, 0.2) is 0 Å². The van der Waals surface area contributed by atoms with E-state index in [1.807, 2.05) is 0 Å². The first-order valence-electron chi connectivity index (χ1n) is 7.36. The summed E-state index contributed by atoms with van der Waals surface area (Å²) in [6, 6.07) is 0. The minimum atomic E-state index is 0. The monoisotopic (exact) mass is 286 g/mol. The molecule has 0 aliphatic carbocycles. The molecule has 0 heterocycles. The van der Waals surface area contributed by atoms with E-state index in [1.54, 1.807) is 0 Å². The van der Waals surface area contributed by atoms with Crippen molar-refractivity contribution in [2.24, 2.45) is 0 Å². The second-order valence-electron chi connectivity index (χ2n) is 6.20. The third kappa shape index (κ3) is 22.4. The zero-order valence-corrected chi connectivity index (χ0v) is 16.4. The number of halogens is 1. The fourth-order valence-corrected chi connectivity index (χ4v) is 2.07. The molecule has 0 rings (SSSR count). The molecule has 0 saturated heterocycles. The van der Waals surface area contributed by atoms with Gasteiger partial charge in [-0.2, -0.15) is 0 Å². The first-order valence-corrected chi connectivity index (χ1v) is 7.36. The third-order valence-corrected chi connectivity index (χ3v) is 3.18. The Morgan fingerprint density at radius 3 is 1.28 bits per heavy atom. The molecule has 107 valence electrons. The average molecular weight is 287 g/mol. The van der Waals surface area contributed by atoms with Crippen molar-refractivity contribution in [3.8, 4) is 0 Å². The van der Waals surface area contributed by atoms with E-state index in [4.69, 9.17) is 0 Å². The van der Waals surface area contributed by atoms with E-state index < -0.39 is 0 Å². The predicted molar refractivity (Wildman–Crippen MR) is 80.5 cm³/mol. The summed E-state index contributed by atoms with van der Waals surface area (Å²) in [5.41, 5.74) is 0. The van der Waals surface area contributed by atoms with Gasteiger partial charge in [0.1, 0.15) is 0 Å². The number of nitrogens with zero attached hydrogens (tertiary/aromatic N) is 1. The van der Waals surface area contributed by atoms with Crippen LogP contribution in [0.4, 0.5) is 0 Å². The largest absolute Gasteiger partial charge is 1.00 e. The summed E-state index contributed by atoms with van der Waals surface area (Å²) in [5.74, 6) is 0. The standard InChI is InChI=1S/C15H34N.ClH.Na/c1-5-6-7-8-9-10-11-12-13-14-15-16(2,3)4;;/h5-15H2,1-4H3;1H;/q+1;;/p-1. The molecule has 0 aliphatic rings. The molecule has 0 atom stereocenters. The number of hydrogen-bond acceptors (Lipinski definition) is 0. The summed E-state index contributed by atoms with van der Waals surface area (Å²) in [5, 5.41) is 0. The SMILES string of the molecule is CCCCCCCCCCCC[N+](C)(C)C.[Cl-].[Na]. The zero-order valence-electron chi connectivity index (χ0n) is 13.6. The van der Waals surface area contributed by atoms with Crippen LogP contribution >= 0.6 is 0 Å². The molecule has 0 spiro atoms. The summed E-state index contributed by atoms with van der Waals surface area (Å²) in [4.78, 5) is 0. The Hall–Kier alpha value is 1.25. The van der Waals surface area contributed by atoms with E-state index in [2.05, 4.69) is 28.1 Å². The van der Waals surface area contributed by atoms with Gasteiger partial charge in [0, 0.05) is 29.6 Å². The van der Waals surface area contributed by atoms with Crippen molar-refractivity contribution in [1.29, 1.82) is 0 Å². The quantitative estimate of drug-likeness (QED) is 0.305. The maximum atomic E-state index is 2.29. The van der Waals surface area contributed by atoms with E-state index in [-0.39, 0.29) is 42.0 Å². The van der Waals surface area contributed by atoms with Crippen molar-refractivity contribution in [2.45, 2.75) is 71.1 Å². The van der Waals surface area contributed by atoms with Crippen LogP contribution in [-0.2, 0) is 0 Å². The Balaban J connectivity index is -0.00000112. The van der Waals surface area contributed by atoms with E-state index >= 15 is 0 Å². The third-order valence-electron chi connectivity index (χ3n) is 3.18. The number of unbranched alkanes of at least 4 members (excludes halogenated alkanes) is 9. The summed E-state index contributed by atoms with van der Waals surface area (Å²) in [6.07, 6.45) is 14.4. The van der Waals surface area contributed by atoms with Gasteiger partial charge in [0.05, 0.1) is 27.7 Å². The van der Waals surface area contributed by atoms with Crippen LogP contribution in [0.1, 0.15) is 71.1 Å². The molecular formula is C15H34ClNNa. The molecule has 0 aromatic heterocycles. The van der Waals surface area contributed by atoms with Crippen LogP contribution in [0.15, 0.2) is 0 Å². The Labute approximate surface area is 144 Å². The molecular weight excluding hydrogens is 253 g/mol. The fourth-order valence-electron chi connectivity index (χ4n) is 2.07. The van der Waals surface area contributed by atoms with Crippen molar-refractivity contribution < 1.29 is 16.9 Å². The van der Waals surface area contributed by atoms with Crippen LogP contribution in [0.2, 0.25) is 0 Å². The molecule has 1 radical (unpaired) electrons. The van der Waals surface area contributed by atoms with Crippen molar-refractivity contribution >= 4 is 29.6 Å². The van der Waals surface area contributed by atoms with E-state index in [0.29, 0.717) is 0 Å². The van der Waals surface area contributed by atoms with Crippen LogP contribution in [0.3, 0.4) is 0 Å². The minimum Gasteiger partial charge on any atom is -1.00 e. The molecule has 0 N–H and O–H groups in total. The second-order valence-corrected chi connectivity index (χ2v) is 6.20. The molecule has 1 nitrogen and oxygen atoms in total. The van der Waals surface area contributed by atoms with Gasteiger partial charge < -0.3 is 16.9 Å². The molecule has 18 heavy (non-hydrogen) atoms. The van der Waals surface area contributed by atoms with Gasteiger partial charge in [-0.3, -0.25) is 0 Å². The molecule has 0 bridgehead atoms. The van der Waals surface area contributed by atoms with E-state index in [9.17, 15) is 0 Å². The smallest absolute Gasteiger partial charge is 0.0780 e. The first kappa shape index (κ1) is 24.3. The Morgan fingerprint density at radius 1 is 0.611 bits per heavy atom. The van der Waals surface area contributed by atoms with Crippen LogP contribution in [0, 0.1) is 0 Å². The van der Waals surface area contributed by atoms with Gasteiger partial charge in [-0.25, -0.2) is 0 Å².